The molecule has 0 radical (unpaired) electrons. The van der Waals surface area contributed by atoms with Crippen molar-refractivity contribution in [3.63, 3.8) is 0 Å². The van der Waals surface area contributed by atoms with E-state index >= 15 is 0 Å². The summed E-state index contributed by atoms with van der Waals surface area (Å²) in [6.45, 7) is 0. The van der Waals surface area contributed by atoms with E-state index in [2.05, 4.69) is 4.72 Å². The summed E-state index contributed by atoms with van der Waals surface area (Å²) < 4.78 is 40.6. The highest BCUT2D eigenvalue weighted by atomic mass is 35.5. The van der Waals surface area contributed by atoms with Crippen LogP contribution in [0, 0.1) is 5.82 Å². The van der Waals surface area contributed by atoms with Crippen LogP contribution in [0.15, 0.2) is 47.4 Å². The number of sulfonamides is 1. The standard InChI is InChI=1S/C15H14ClFN2O3S/c1-19(2)15(20)10-4-3-5-12(8-10)18-23(21,22)14-7-6-11(16)9-13(14)17/h3-9,18H,1-2H3. The first kappa shape index (κ1) is 17.2. The highest BCUT2D eigenvalue weighted by Crippen LogP contribution is 2.22. The second kappa shape index (κ2) is 6.55. The molecule has 0 aliphatic heterocycles. The molecule has 23 heavy (non-hydrogen) atoms. The predicted molar refractivity (Wildman–Crippen MR) is 86.7 cm³/mol. The van der Waals surface area contributed by atoms with E-state index in [0.717, 1.165) is 12.1 Å². The van der Waals surface area contributed by atoms with Crippen LogP contribution >= 0.6 is 11.6 Å². The molecule has 5 nitrogen and oxygen atoms in total. The molecule has 2 aromatic rings. The maximum atomic E-state index is 13.8. The number of anilines is 1. The van der Waals surface area contributed by atoms with Gasteiger partial charge in [0.15, 0.2) is 0 Å². The van der Waals surface area contributed by atoms with Gasteiger partial charge in [0.25, 0.3) is 15.9 Å². The Hall–Kier alpha value is -2.12. The molecule has 1 amide bonds. The molecule has 0 bridgehead atoms. The second-order valence-corrected chi connectivity index (χ2v) is 7.05. The number of nitrogens with one attached hydrogen (secondary N) is 1. The molecular formula is C15H14ClFN2O3S. The average Bonchev–Trinajstić information content (AvgIpc) is 2.45. The molecule has 0 aliphatic carbocycles. The monoisotopic (exact) mass is 356 g/mol. The van der Waals surface area contributed by atoms with Gasteiger partial charge in [-0.1, -0.05) is 17.7 Å². The number of halogens is 2. The van der Waals surface area contributed by atoms with Crippen molar-refractivity contribution in [3.8, 4) is 0 Å². The van der Waals surface area contributed by atoms with E-state index in [-0.39, 0.29) is 16.6 Å². The van der Waals surface area contributed by atoms with E-state index < -0.39 is 20.7 Å². The molecule has 0 unspecified atom stereocenters. The number of hydrogen-bond acceptors (Lipinski definition) is 3. The molecule has 2 aromatic carbocycles. The number of rotatable bonds is 4. The Morgan fingerprint density at radius 3 is 2.48 bits per heavy atom. The van der Waals surface area contributed by atoms with Gasteiger partial charge in [0.1, 0.15) is 10.7 Å². The smallest absolute Gasteiger partial charge is 0.264 e. The van der Waals surface area contributed by atoms with Gasteiger partial charge in [-0.05, 0) is 36.4 Å². The quantitative estimate of drug-likeness (QED) is 0.915. The highest BCUT2D eigenvalue weighted by molar-refractivity contribution is 7.92. The SMILES string of the molecule is CN(C)C(=O)c1cccc(NS(=O)(=O)c2ccc(Cl)cc2F)c1. The third-order valence-electron chi connectivity index (χ3n) is 2.95. The fraction of sp³-hybridized carbons (Fsp3) is 0.133. The number of benzene rings is 2. The van der Waals surface area contributed by atoms with E-state index in [1.165, 1.54) is 29.2 Å². The Kier molecular flexibility index (Phi) is 4.91. The van der Waals surface area contributed by atoms with Gasteiger partial charge < -0.3 is 4.90 Å². The summed E-state index contributed by atoms with van der Waals surface area (Å²) in [6, 6.07) is 9.23. The molecule has 0 spiro atoms. The molecule has 0 saturated carbocycles. The van der Waals surface area contributed by atoms with Crippen LogP contribution in [0.2, 0.25) is 5.02 Å². The molecular weight excluding hydrogens is 343 g/mol. The van der Waals surface area contributed by atoms with Gasteiger partial charge in [0.2, 0.25) is 0 Å². The van der Waals surface area contributed by atoms with Crippen LogP contribution < -0.4 is 4.72 Å². The number of nitrogens with zero attached hydrogens (tertiary/aromatic N) is 1. The largest absolute Gasteiger partial charge is 0.345 e. The summed E-state index contributed by atoms with van der Waals surface area (Å²) in [4.78, 5) is 12.7. The van der Waals surface area contributed by atoms with Crippen molar-refractivity contribution in [2.75, 3.05) is 18.8 Å². The molecule has 0 aromatic heterocycles. The van der Waals surface area contributed by atoms with E-state index in [0.29, 0.717) is 5.56 Å². The van der Waals surface area contributed by atoms with Crippen molar-refractivity contribution < 1.29 is 17.6 Å². The van der Waals surface area contributed by atoms with E-state index in [4.69, 9.17) is 11.6 Å². The van der Waals surface area contributed by atoms with Gasteiger partial charge >= 0.3 is 0 Å². The molecule has 0 heterocycles. The number of hydrogen-bond donors (Lipinski definition) is 1. The molecule has 0 atom stereocenters. The molecule has 0 saturated heterocycles. The van der Waals surface area contributed by atoms with Crippen molar-refractivity contribution >= 4 is 33.2 Å². The zero-order valence-electron chi connectivity index (χ0n) is 12.4. The first-order valence-corrected chi connectivity index (χ1v) is 8.36. The lowest BCUT2D eigenvalue weighted by Gasteiger charge is -2.12. The van der Waals surface area contributed by atoms with Crippen LogP contribution in [0.25, 0.3) is 0 Å². The van der Waals surface area contributed by atoms with Crippen LogP contribution in [-0.2, 0) is 10.0 Å². The lowest BCUT2D eigenvalue weighted by Crippen LogP contribution is -2.22. The Balaban J connectivity index is 2.34. The Bertz CT molecular complexity index is 854. The van der Waals surface area contributed by atoms with Gasteiger partial charge in [-0.3, -0.25) is 9.52 Å². The maximum absolute atomic E-state index is 13.8. The Morgan fingerprint density at radius 1 is 1.17 bits per heavy atom. The van der Waals surface area contributed by atoms with Gasteiger partial charge in [-0.15, -0.1) is 0 Å². The van der Waals surface area contributed by atoms with Gasteiger partial charge in [-0.2, -0.15) is 0 Å². The third kappa shape index (κ3) is 4.00. The van der Waals surface area contributed by atoms with E-state index in [1.54, 1.807) is 20.2 Å². The Labute approximate surface area is 138 Å². The fourth-order valence-electron chi connectivity index (χ4n) is 1.88. The summed E-state index contributed by atoms with van der Waals surface area (Å²) in [7, 11) is -0.961. The summed E-state index contributed by atoms with van der Waals surface area (Å²) in [5.74, 6) is -1.23. The molecule has 0 fully saturated rings. The maximum Gasteiger partial charge on any atom is 0.264 e. The average molecular weight is 357 g/mol. The van der Waals surface area contributed by atoms with Crippen LogP contribution in [0.4, 0.5) is 10.1 Å². The Morgan fingerprint density at radius 2 is 1.87 bits per heavy atom. The minimum atomic E-state index is -4.13. The predicted octanol–water partition coefficient (Wildman–Crippen LogP) is 2.98. The van der Waals surface area contributed by atoms with Crippen molar-refractivity contribution in [1.29, 1.82) is 0 Å². The first-order valence-electron chi connectivity index (χ1n) is 6.50. The number of carbonyl (C=O) groups is 1. The summed E-state index contributed by atoms with van der Waals surface area (Å²) in [5, 5.41) is 0.0972. The van der Waals surface area contributed by atoms with Crippen LogP contribution in [0.1, 0.15) is 10.4 Å². The zero-order chi connectivity index (χ0) is 17.2. The lowest BCUT2D eigenvalue weighted by molar-refractivity contribution is 0.0827. The highest BCUT2D eigenvalue weighted by Gasteiger charge is 2.20. The minimum Gasteiger partial charge on any atom is -0.345 e. The first-order chi connectivity index (χ1) is 10.7. The van der Waals surface area contributed by atoms with Crippen LogP contribution in [0.3, 0.4) is 0 Å². The zero-order valence-corrected chi connectivity index (χ0v) is 14.0. The van der Waals surface area contributed by atoms with Crippen molar-refractivity contribution in [3.05, 3.63) is 58.9 Å². The minimum absolute atomic E-state index is 0.0972. The molecule has 2 rings (SSSR count). The van der Waals surface area contributed by atoms with Crippen molar-refractivity contribution in [2.24, 2.45) is 0 Å². The molecule has 8 heteroatoms. The topological polar surface area (TPSA) is 66.5 Å². The van der Waals surface area contributed by atoms with Gasteiger partial charge in [0, 0.05) is 30.4 Å². The summed E-state index contributed by atoms with van der Waals surface area (Å²) >= 11 is 5.62. The summed E-state index contributed by atoms with van der Waals surface area (Å²) in [5.41, 5.74) is 0.471. The van der Waals surface area contributed by atoms with Gasteiger partial charge in [0.05, 0.1) is 0 Å². The molecule has 122 valence electrons. The number of amides is 1. The van der Waals surface area contributed by atoms with Crippen LogP contribution in [-0.4, -0.2) is 33.3 Å². The lowest BCUT2D eigenvalue weighted by atomic mass is 10.2. The van der Waals surface area contributed by atoms with Crippen molar-refractivity contribution in [2.45, 2.75) is 4.90 Å². The van der Waals surface area contributed by atoms with E-state index in [1.807, 2.05) is 0 Å². The fourth-order valence-corrected chi connectivity index (χ4v) is 3.15. The summed E-state index contributed by atoms with van der Waals surface area (Å²) in [6.07, 6.45) is 0. The number of carbonyl (C=O) groups excluding carboxylic acids is 1. The van der Waals surface area contributed by atoms with Gasteiger partial charge in [-0.25, -0.2) is 12.8 Å². The second-order valence-electron chi connectivity index (χ2n) is 4.96. The molecule has 1 N–H and O–H groups in total. The van der Waals surface area contributed by atoms with Crippen molar-refractivity contribution in [1.82, 2.24) is 4.90 Å². The molecule has 0 aliphatic rings. The van der Waals surface area contributed by atoms with E-state index in [9.17, 15) is 17.6 Å². The normalized spacial score (nSPS) is 11.1. The third-order valence-corrected chi connectivity index (χ3v) is 4.60. The van der Waals surface area contributed by atoms with Crippen LogP contribution in [0.5, 0.6) is 0 Å².